The summed E-state index contributed by atoms with van der Waals surface area (Å²) in [6, 6.07) is 22.1. The third-order valence-corrected chi connectivity index (χ3v) is 10.8. The van der Waals surface area contributed by atoms with Gasteiger partial charge in [-0.1, -0.05) is 65.9 Å². The molecule has 2 aromatic heterocycles. The second-order valence-corrected chi connectivity index (χ2v) is 19.7. The van der Waals surface area contributed by atoms with E-state index in [-0.39, 0.29) is 0 Å². The van der Waals surface area contributed by atoms with Crippen molar-refractivity contribution in [2.24, 2.45) is 0 Å². The average molecular weight is 621 g/mol. The summed E-state index contributed by atoms with van der Waals surface area (Å²) in [6.07, 6.45) is 6.31. The molecule has 2 nitrogen and oxygen atoms in total. The van der Waals surface area contributed by atoms with E-state index in [1.807, 2.05) is 0 Å². The van der Waals surface area contributed by atoms with Gasteiger partial charge in [0, 0.05) is 43.8 Å². The first kappa shape index (κ1) is 28.5. The first-order chi connectivity index (χ1) is 21.0. The number of terminal acetylenes is 1. The van der Waals surface area contributed by atoms with Gasteiger partial charge in [0.1, 0.15) is 18.1 Å². The number of benzene rings is 5. The normalized spacial score (nSPS) is 11.8. The monoisotopic (exact) mass is 620 g/mol. The molecule has 0 saturated carbocycles. The summed E-state index contributed by atoms with van der Waals surface area (Å²) in [4.78, 5) is 10.2. The van der Waals surface area contributed by atoms with E-state index in [0.717, 1.165) is 74.2 Å². The summed E-state index contributed by atoms with van der Waals surface area (Å²) >= 11 is 3.44. The standard InChI is InChI=1S/C39H32N2S2Si/c1-9-28-30-18-34-37(43-38(40-34)26-14-22(2)12-23(3)15-26)21-33(30)29(10-11-44(6,7)8)31-19-35-36(20-32(28)31)42-39(41-35)27-16-24(4)13-25(5)17-27/h1,12-21H,2-8H3. The first-order valence-corrected chi connectivity index (χ1v) is 19.9. The number of aromatic nitrogens is 2. The minimum Gasteiger partial charge on any atom is -0.236 e. The largest absolute Gasteiger partial charge is 0.236 e. The summed E-state index contributed by atoms with van der Waals surface area (Å²) < 4.78 is 2.26. The zero-order chi connectivity index (χ0) is 30.9. The lowest BCUT2D eigenvalue weighted by Gasteiger charge is -2.12. The third kappa shape index (κ3) is 5.12. The fourth-order valence-corrected chi connectivity index (χ4v) is 8.50. The second-order valence-electron chi connectivity index (χ2n) is 12.9. The van der Waals surface area contributed by atoms with Crippen LogP contribution >= 0.6 is 22.7 Å². The van der Waals surface area contributed by atoms with Crippen LogP contribution in [0.15, 0.2) is 60.7 Å². The first-order valence-electron chi connectivity index (χ1n) is 14.8. The van der Waals surface area contributed by atoms with Gasteiger partial charge in [0.15, 0.2) is 0 Å². The van der Waals surface area contributed by atoms with E-state index >= 15 is 0 Å². The van der Waals surface area contributed by atoms with Gasteiger partial charge in [-0.05, 0) is 76.2 Å². The molecule has 214 valence electrons. The van der Waals surface area contributed by atoms with Gasteiger partial charge in [0.05, 0.1) is 20.4 Å². The van der Waals surface area contributed by atoms with Crippen LogP contribution in [0.5, 0.6) is 0 Å². The molecule has 0 N–H and O–H groups in total. The number of rotatable bonds is 2. The minimum atomic E-state index is -1.67. The van der Waals surface area contributed by atoms with Crippen molar-refractivity contribution in [2.75, 3.05) is 0 Å². The summed E-state index contributed by atoms with van der Waals surface area (Å²) in [7, 11) is -1.67. The van der Waals surface area contributed by atoms with Crippen LogP contribution in [0.1, 0.15) is 33.4 Å². The van der Waals surface area contributed by atoms with Crippen molar-refractivity contribution in [3.63, 3.8) is 0 Å². The van der Waals surface area contributed by atoms with Crippen LogP contribution in [0.25, 0.3) is 63.1 Å². The van der Waals surface area contributed by atoms with Gasteiger partial charge < -0.3 is 0 Å². The van der Waals surface area contributed by atoms with Crippen LogP contribution < -0.4 is 0 Å². The zero-order valence-electron chi connectivity index (χ0n) is 26.1. The molecule has 0 atom stereocenters. The summed E-state index contributed by atoms with van der Waals surface area (Å²) in [5, 5.41) is 6.28. The Labute approximate surface area is 267 Å². The Morgan fingerprint density at radius 2 is 0.977 bits per heavy atom. The smallest absolute Gasteiger partial charge is 0.129 e. The fourth-order valence-electron chi connectivity index (χ4n) is 6.05. The molecule has 7 aromatic rings. The third-order valence-electron chi connectivity index (χ3n) is 7.78. The van der Waals surface area contributed by atoms with E-state index in [1.165, 1.54) is 22.3 Å². The average Bonchev–Trinajstić information content (AvgIpc) is 3.55. The molecule has 0 spiro atoms. The van der Waals surface area contributed by atoms with Crippen LogP contribution in [-0.2, 0) is 0 Å². The van der Waals surface area contributed by atoms with Gasteiger partial charge in [-0.2, -0.15) is 0 Å². The quantitative estimate of drug-likeness (QED) is 0.109. The van der Waals surface area contributed by atoms with Gasteiger partial charge in [-0.25, -0.2) is 9.97 Å². The summed E-state index contributed by atoms with van der Waals surface area (Å²) in [5.41, 5.74) is 14.8. The van der Waals surface area contributed by atoms with E-state index < -0.39 is 8.07 Å². The topological polar surface area (TPSA) is 25.8 Å². The molecule has 7 rings (SSSR count). The molecule has 5 heteroatoms. The van der Waals surface area contributed by atoms with Crippen molar-refractivity contribution >= 4 is 72.7 Å². The Morgan fingerprint density at radius 3 is 1.41 bits per heavy atom. The molecule has 0 aliphatic heterocycles. The van der Waals surface area contributed by atoms with Crippen molar-refractivity contribution in [2.45, 2.75) is 47.3 Å². The molecule has 0 amide bonds. The van der Waals surface area contributed by atoms with E-state index in [1.54, 1.807) is 22.7 Å². The van der Waals surface area contributed by atoms with E-state index in [9.17, 15) is 0 Å². The number of aryl methyl sites for hydroxylation is 4. The number of hydrogen-bond acceptors (Lipinski definition) is 4. The number of thiazole rings is 2. The Balaban J connectivity index is 1.54. The lowest BCUT2D eigenvalue weighted by Crippen LogP contribution is -2.16. The summed E-state index contributed by atoms with van der Waals surface area (Å²) in [6.45, 7) is 15.4. The Morgan fingerprint density at radius 1 is 0.568 bits per heavy atom. The van der Waals surface area contributed by atoms with Crippen molar-refractivity contribution in [3.8, 4) is 45.0 Å². The van der Waals surface area contributed by atoms with Crippen LogP contribution in [0.3, 0.4) is 0 Å². The van der Waals surface area contributed by atoms with Gasteiger partial charge >= 0.3 is 0 Å². The van der Waals surface area contributed by atoms with E-state index in [2.05, 4.69) is 125 Å². The Kier molecular flexibility index (Phi) is 6.75. The molecule has 0 aliphatic carbocycles. The van der Waals surface area contributed by atoms with Gasteiger partial charge in [0.25, 0.3) is 0 Å². The van der Waals surface area contributed by atoms with Gasteiger partial charge in [0.2, 0.25) is 0 Å². The Hall–Kier alpha value is -4.26. The minimum absolute atomic E-state index is 0.889. The molecular formula is C39H32N2S2Si. The summed E-state index contributed by atoms with van der Waals surface area (Å²) in [5.74, 6) is 6.73. The Bertz CT molecular complexity index is 2250. The molecule has 0 bridgehead atoms. The molecule has 0 unspecified atom stereocenters. The maximum atomic E-state index is 6.31. The van der Waals surface area contributed by atoms with Crippen molar-refractivity contribution in [1.29, 1.82) is 0 Å². The maximum absolute atomic E-state index is 6.31. The van der Waals surface area contributed by atoms with Crippen LogP contribution in [0.2, 0.25) is 19.6 Å². The maximum Gasteiger partial charge on any atom is 0.129 e. The lowest BCUT2D eigenvalue weighted by atomic mass is 9.92. The number of fused-ring (bicyclic) bond motifs is 4. The highest BCUT2D eigenvalue weighted by Gasteiger charge is 2.19. The molecule has 5 aromatic carbocycles. The fraction of sp³-hybridized carbons (Fsp3) is 0.179. The molecule has 2 heterocycles. The van der Waals surface area contributed by atoms with Crippen molar-refractivity contribution in [3.05, 3.63) is 94.0 Å². The van der Waals surface area contributed by atoms with Crippen LogP contribution in [0.4, 0.5) is 0 Å². The highest BCUT2D eigenvalue weighted by Crippen LogP contribution is 2.41. The number of hydrogen-bond donors (Lipinski definition) is 0. The van der Waals surface area contributed by atoms with Crippen molar-refractivity contribution in [1.82, 2.24) is 9.97 Å². The van der Waals surface area contributed by atoms with Crippen molar-refractivity contribution < 1.29 is 0 Å². The number of nitrogens with zero attached hydrogens (tertiary/aromatic N) is 2. The second kappa shape index (κ2) is 10.4. The SMILES string of the molecule is C#Cc1c2cc3nc(-c4cc(C)cc(C)c4)sc3cc2c(C#C[Si](C)(C)C)c2cc3nc(-c4cc(C)cc(C)c4)sc3cc12. The molecule has 0 saturated heterocycles. The van der Waals surface area contributed by atoms with E-state index in [4.69, 9.17) is 16.4 Å². The van der Waals surface area contributed by atoms with Gasteiger partial charge in [-0.3, -0.25) is 0 Å². The predicted molar refractivity (Wildman–Crippen MR) is 196 cm³/mol. The lowest BCUT2D eigenvalue weighted by molar-refractivity contribution is 1.37. The van der Waals surface area contributed by atoms with Crippen LogP contribution in [-0.4, -0.2) is 18.0 Å². The van der Waals surface area contributed by atoms with Crippen LogP contribution in [0, 0.1) is 51.5 Å². The van der Waals surface area contributed by atoms with Gasteiger partial charge in [-0.15, -0.1) is 34.6 Å². The highest BCUT2D eigenvalue weighted by atomic mass is 32.1. The molecule has 0 fully saturated rings. The predicted octanol–water partition coefficient (Wildman–Crippen LogP) is 11.0. The molecule has 44 heavy (non-hydrogen) atoms. The molecular weight excluding hydrogens is 589 g/mol. The molecule has 0 aliphatic rings. The zero-order valence-corrected chi connectivity index (χ0v) is 28.7. The highest BCUT2D eigenvalue weighted by molar-refractivity contribution is 7.22. The van der Waals surface area contributed by atoms with E-state index in [0.29, 0.717) is 0 Å². The molecule has 0 radical (unpaired) electrons.